The molecule has 1 aromatic heterocycles. The minimum absolute atomic E-state index is 0.0299. The molecule has 0 atom stereocenters. The fourth-order valence-corrected chi connectivity index (χ4v) is 4.65. The summed E-state index contributed by atoms with van der Waals surface area (Å²) in [5.74, 6) is -0.431. The number of nitrogens with zero attached hydrogens (tertiary/aromatic N) is 3. The highest BCUT2D eigenvalue weighted by Crippen LogP contribution is 2.40. The van der Waals surface area contributed by atoms with Crippen molar-refractivity contribution >= 4 is 40.0 Å². The maximum Gasteiger partial charge on any atom is 0.307 e. The molecule has 3 aromatic rings. The van der Waals surface area contributed by atoms with Crippen LogP contribution >= 0.6 is 0 Å². The molecule has 9 heteroatoms. The number of hydrogen-bond donors (Lipinski definition) is 1. The molecule has 1 amide bonds. The maximum atomic E-state index is 12.6. The molecule has 0 aliphatic carbocycles. The first-order valence-corrected chi connectivity index (χ1v) is 11.3. The first-order chi connectivity index (χ1) is 16.6. The number of carbonyl (C=O) groups excluding carboxylic acids is 1. The molecule has 1 aliphatic rings. The number of nitro groups is 1. The Morgan fingerprint density at radius 3 is 2.66 bits per heavy atom. The second-order valence-electron chi connectivity index (χ2n) is 9.08. The Balaban J connectivity index is 1.58. The van der Waals surface area contributed by atoms with Crippen LogP contribution in [0.1, 0.15) is 54.9 Å². The van der Waals surface area contributed by atoms with Crippen LogP contribution < -0.4 is 15.1 Å². The van der Waals surface area contributed by atoms with E-state index in [4.69, 9.17) is 9.15 Å². The summed E-state index contributed by atoms with van der Waals surface area (Å²) in [7, 11) is 1.38. The molecule has 182 valence electrons. The lowest BCUT2D eigenvalue weighted by Gasteiger charge is -2.43. The quantitative estimate of drug-likeness (QED) is 0.288. The first-order valence-electron chi connectivity index (χ1n) is 11.3. The van der Waals surface area contributed by atoms with Gasteiger partial charge in [0, 0.05) is 29.2 Å². The van der Waals surface area contributed by atoms with Gasteiger partial charge in [-0.2, -0.15) is 5.10 Å². The van der Waals surface area contributed by atoms with E-state index in [1.165, 1.54) is 36.6 Å². The van der Waals surface area contributed by atoms with Crippen molar-refractivity contribution in [3.05, 3.63) is 69.0 Å². The van der Waals surface area contributed by atoms with Crippen molar-refractivity contribution in [2.75, 3.05) is 18.6 Å². The van der Waals surface area contributed by atoms with Crippen LogP contribution in [0, 0.1) is 17.0 Å². The molecule has 9 nitrogen and oxygen atoms in total. The van der Waals surface area contributed by atoms with Crippen molar-refractivity contribution in [3.8, 4) is 5.75 Å². The van der Waals surface area contributed by atoms with E-state index in [9.17, 15) is 14.9 Å². The van der Waals surface area contributed by atoms with Gasteiger partial charge in [0.15, 0.2) is 17.1 Å². The highest BCUT2D eigenvalue weighted by molar-refractivity contribution is 5.98. The number of ether oxygens (including phenoxy) is 1. The van der Waals surface area contributed by atoms with E-state index in [1.807, 2.05) is 6.92 Å². The molecule has 0 fully saturated rings. The third kappa shape index (κ3) is 4.37. The Hall–Kier alpha value is -4.14. The summed E-state index contributed by atoms with van der Waals surface area (Å²) >= 11 is 0. The highest BCUT2D eigenvalue weighted by Gasteiger charge is 2.30. The average molecular weight is 477 g/mol. The van der Waals surface area contributed by atoms with Crippen LogP contribution in [0.2, 0.25) is 0 Å². The van der Waals surface area contributed by atoms with Gasteiger partial charge in [0.05, 0.1) is 29.9 Å². The normalized spacial score (nSPS) is 14.7. The minimum Gasteiger partial charge on any atom is -0.493 e. The van der Waals surface area contributed by atoms with Gasteiger partial charge in [0.1, 0.15) is 0 Å². The summed E-state index contributed by atoms with van der Waals surface area (Å²) in [4.78, 5) is 25.6. The summed E-state index contributed by atoms with van der Waals surface area (Å²) in [6, 6.07) is 8.24. The number of allylic oxidation sites excluding steroid dienone is 1. The van der Waals surface area contributed by atoms with Crippen molar-refractivity contribution in [2.24, 2.45) is 5.10 Å². The van der Waals surface area contributed by atoms with Crippen LogP contribution in [-0.2, 0) is 0 Å². The van der Waals surface area contributed by atoms with Gasteiger partial charge in [-0.05, 0) is 69.5 Å². The number of nitro benzene ring substituents is 1. The minimum atomic E-state index is -0.576. The van der Waals surface area contributed by atoms with Crippen molar-refractivity contribution in [1.82, 2.24) is 5.43 Å². The molecule has 1 aliphatic heterocycles. The molecule has 2 heterocycles. The van der Waals surface area contributed by atoms with Crippen LogP contribution in [0.3, 0.4) is 0 Å². The molecule has 0 radical (unpaired) electrons. The molecular weight excluding hydrogens is 448 g/mol. The van der Waals surface area contributed by atoms with E-state index < -0.39 is 10.8 Å². The van der Waals surface area contributed by atoms with Gasteiger partial charge in [-0.3, -0.25) is 14.9 Å². The number of carbonyl (C=O) groups is 1. The highest BCUT2D eigenvalue weighted by atomic mass is 16.6. The Morgan fingerprint density at radius 1 is 1.26 bits per heavy atom. The van der Waals surface area contributed by atoms with Crippen molar-refractivity contribution in [3.63, 3.8) is 0 Å². The number of hydrogen-bond acceptors (Lipinski definition) is 7. The Bertz CT molecular complexity index is 1400. The lowest BCUT2D eigenvalue weighted by atomic mass is 9.87. The van der Waals surface area contributed by atoms with Gasteiger partial charge in [-0.1, -0.05) is 6.08 Å². The van der Waals surface area contributed by atoms with E-state index in [1.54, 1.807) is 6.21 Å². The van der Waals surface area contributed by atoms with E-state index in [-0.39, 0.29) is 28.3 Å². The topological polar surface area (TPSA) is 110 Å². The molecular formula is C26H28N4O5. The summed E-state index contributed by atoms with van der Waals surface area (Å²) < 4.78 is 10.8. The van der Waals surface area contributed by atoms with E-state index in [2.05, 4.69) is 61.3 Å². The van der Waals surface area contributed by atoms with E-state index in [0.29, 0.717) is 5.39 Å². The molecule has 0 unspecified atom stereocenters. The number of furan rings is 1. The molecule has 35 heavy (non-hydrogen) atoms. The number of nitrogens with one attached hydrogen (secondary N) is 1. The van der Waals surface area contributed by atoms with Crippen molar-refractivity contribution in [1.29, 1.82) is 0 Å². The largest absolute Gasteiger partial charge is 0.493 e. The van der Waals surface area contributed by atoms with Gasteiger partial charge in [-0.25, -0.2) is 5.43 Å². The smallest absolute Gasteiger partial charge is 0.307 e. The van der Waals surface area contributed by atoms with Crippen LogP contribution in [0.5, 0.6) is 5.75 Å². The number of methoxy groups -OCH3 is 1. The third-order valence-electron chi connectivity index (χ3n) is 6.27. The first kappa shape index (κ1) is 24.0. The van der Waals surface area contributed by atoms with Gasteiger partial charge in [-0.15, -0.1) is 0 Å². The Kier molecular flexibility index (Phi) is 6.10. The number of likely N-dealkylation sites (N-methyl/N-ethyl adjacent to an activating group) is 1. The van der Waals surface area contributed by atoms with Crippen LogP contribution in [0.4, 0.5) is 11.4 Å². The molecule has 0 spiro atoms. The second-order valence-corrected chi connectivity index (χ2v) is 9.08. The number of aryl methyl sites for hydroxylation is 1. The zero-order valence-corrected chi connectivity index (χ0v) is 20.6. The monoisotopic (exact) mass is 476 g/mol. The number of fused-ring (bicyclic) bond motifs is 2. The zero-order chi connectivity index (χ0) is 25.5. The summed E-state index contributed by atoms with van der Waals surface area (Å²) in [6.45, 7) is 11.6. The Labute approximate surface area is 203 Å². The predicted molar refractivity (Wildman–Crippen MR) is 136 cm³/mol. The molecule has 4 rings (SSSR count). The molecule has 0 saturated heterocycles. The number of amides is 1. The van der Waals surface area contributed by atoms with Crippen LogP contribution in [0.15, 0.2) is 45.9 Å². The average Bonchev–Trinajstić information content (AvgIpc) is 3.23. The lowest BCUT2D eigenvalue weighted by molar-refractivity contribution is -0.384. The van der Waals surface area contributed by atoms with E-state index in [0.717, 1.165) is 23.2 Å². The number of hydrazone groups is 1. The fourth-order valence-electron chi connectivity index (χ4n) is 4.65. The summed E-state index contributed by atoms with van der Waals surface area (Å²) in [6.07, 6.45) is 3.86. The molecule has 2 aromatic carbocycles. The van der Waals surface area contributed by atoms with Crippen LogP contribution in [-0.4, -0.2) is 36.2 Å². The van der Waals surface area contributed by atoms with Crippen molar-refractivity contribution in [2.45, 2.75) is 40.2 Å². The van der Waals surface area contributed by atoms with Crippen molar-refractivity contribution < 1.29 is 18.9 Å². The fraction of sp³-hybridized carbons (Fsp3) is 0.308. The Morgan fingerprint density at radius 2 is 2.00 bits per heavy atom. The van der Waals surface area contributed by atoms with Gasteiger partial charge >= 0.3 is 5.91 Å². The third-order valence-corrected chi connectivity index (χ3v) is 6.27. The summed E-state index contributed by atoms with van der Waals surface area (Å²) in [5, 5.41) is 15.7. The molecule has 1 N–H and O–H groups in total. The number of rotatable bonds is 6. The molecule has 0 saturated carbocycles. The molecule has 0 bridgehead atoms. The predicted octanol–water partition coefficient (Wildman–Crippen LogP) is 5.44. The zero-order valence-electron chi connectivity index (χ0n) is 20.6. The number of non-ortho nitro benzene ring substituents is 1. The maximum absolute atomic E-state index is 12.6. The van der Waals surface area contributed by atoms with Gasteiger partial charge in [0.25, 0.3) is 5.69 Å². The van der Waals surface area contributed by atoms with Gasteiger partial charge < -0.3 is 14.1 Å². The van der Waals surface area contributed by atoms with Gasteiger partial charge in [0.2, 0.25) is 0 Å². The number of benzene rings is 2. The number of anilines is 1. The standard InChI is InChI=1S/C26H28N4O5/c1-7-29-21-8-15(2)18(10-20(21)16(3)13-26(29,4)5)14-27-28-25(31)23-11-17-9-19(30(32)33)12-22(34-6)24(17)35-23/h8-14H,7H2,1-6H3,(H,28,31)/b27-14-. The summed E-state index contributed by atoms with van der Waals surface area (Å²) in [5.41, 5.74) is 7.93. The van der Waals surface area contributed by atoms with Crippen LogP contribution in [0.25, 0.3) is 16.5 Å². The SMILES string of the molecule is CCN1c2cc(C)c(/C=N\NC(=O)c3cc4cc([N+](=O)[O-])cc(OC)c4o3)cc2C(C)=CC1(C)C. The lowest BCUT2D eigenvalue weighted by Crippen LogP contribution is -2.45. The second kappa shape index (κ2) is 8.90. The van der Waals surface area contributed by atoms with E-state index >= 15 is 0 Å².